The molecular weight excluding hydrogens is 1170 g/mol. The predicted octanol–water partition coefficient (Wildman–Crippen LogP) is 11.2. The Hall–Kier alpha value is -5.47. The molecule has 19 heteroatoms. The van der Waals surface area contributed by atoms with E-state index in [-0.39, 0.29) is 72.0 Å². The van der Waals surface area contributed by atoms with Gasteiger partial charge in [0.2, 0.25) is 23.6 Å². The van der Waals surface area contributed by atoms with Gasteiger partial charge < -0.3 is 36.1 Å². The van der Waals surface area contributed by atoms with Gasteiger partial charge in [-0.3, -0.25) is 28.8 Å². The van der Waals surface area contributed by atoms with E-state index < -0.39 is 46.9 Å². The largest absolute Gasteiger partial charge is 0.454 e. The Morgan fingerprint density at radius 2 is 1.16 bits per heavy atom. The molecule has 0 bridgehead atoms. The van der Waals surface area contributed by atoms with Crippen molar-refractivity contribution in [3.63, 3.8) is 0 Å². The molecule has 4 atom stereocenters. The first-order valence-corrected chi connectivity index (χ1v) is 31.4. The second kappa shape index (κ2) is 35.7. The lowest BCUT2D eigenvalue weighted by Gasteiger charge is -2.34. The third kappa shape index (κ3) is 30.8. The number of ether oxygens (including phenoxy) is 2. The van der Waals surface area contributed by atoms with Crippen LogP contribution in [0, 0.1) is 26.2 Å². The summed E-state index contributed by atoms with van der Waals surface area (Å²) in [5, 5.41) is 23.4. The molecule has 0 radical (unpaired) electrons. The summed E-state index contributed by atoms with van der Waals surface area (Å²) in [4.78, 5) is 106. The van der Waals surface area contributed by atoms with Crippen LogP contribution in [0.2, 0.25) is 0 Å². The van der Waals surface area contributed by atoms with E-state index in [4.69, 9.17) is 9.47 Å². The Morgan fingerprint density at radius 1 is 0.566 bits per heavy atom. The topological polar surface area (TPSA) is 246 Å². The lowest BCUT2D eigenvalue weighted by atomic mass is 9.76. The van der Waals surface area contributed by atoms with Crippen molar-refractivity contribution in [3.8, 4) is 0 Å². The third-order valence-electron chi connectivity index (χ3n) is 14.5. The molecule has 83 heavy (non-hydrogen) atoms. The quantitative estimate of drug-likeness (QED) is 0.0157. The van der Waals surface area contributed by atoms with Gasteiger partial charge in [0.15, 0.2) is 0 Å². The van der Waals surface area contributed by atoms with Gasteiger partial charge in [0.25, 0.3) is 5.78 Å². The van der Waals surface area contributed by atoms with Crippen molar-refractivity contribution < 1.29 is 47.8 Å². The highest BCUT2D eigenvalue weighted by atomic mass is 127. The summed E-state index contributed by atoms with van der Waals surface area (Å²) < 4.78 is 13.8. The van der Waals surface area contributed by atoms with Crippen molar-refractivity contribution >= 4 is 80.9 Å². The number of fused-ring (bicyclic) bond motifs is 1. The molecule has 464 valence electrons. The maximum absolute atomic E-state index is 14.1. The first-order valence-electron chi connectivity index (χ1n) is 30.3. The van der Waals surface area contributed by atoms with Gasteiger partial charge >= 0.3 is 12.1 Å². The third-order valence-corrected chi connectivity index (χ3v) is 15.2. The molecule has 3 rings (SSSR count). The highest BCUT2D eigenvalue weighted by Crippen LogP contribution is 2.33. The van der Waals surface area contributed by atoms with Gasteiger partial charge in [-0.15, -0.1) is 5.10 Å². The van der Waals surface area contributed by atoms with Gasteiger partial charge in [-0.1, -0.05) is 96.7 Å². The van der Waals surface area contributed by atoms with Crippen molar-refractivity contribution in [2.75, 3.05) is 19.6 Å². The molecule has 0 aliphatic heterocycles. The van der Waals surface area contributed by atoms with Crippen LogP contribution in [-0.4, -0.2) is 105 Å². The van der Waals surface area contributed by atoms with Gasteiger partial charge in [-0.2, -0.15) is 0 Å². The normalized spacial score (nSPS) is 13.5. The number of halogens is 1. The lowest BCUT2D eigenvalue weighted by molar-refractivity contribution is -0.163. The highest BCUT2D eigenvalue weighted by Gasteiger charge is 2.34. The van der Waals surface area contributed by atoms with Crippen LogP contribution >= 0.6 is 22.6 Å². The summed E-state index contributed by atoms with van der Waals surface area (Å²) in [6.45, 7) is 24.8. The molecule has 0 saturated carbocycles. The summed E-state index contributed by atoms with van der Waals surface area (Å²) in [6.07, 6.45) is 9.68. The maximum atomic E-state index is 14.1. The number of amides is 5. The summed E-state index contributed by atoms with van der Waals surface area (Å²) in [6, 6.07) is 14.7. The second-order valence-electron chi connectivity index (χ2n) is 26.4. The van der Waals surface area contributed by atoms with E-state index in [0.717, 1.165) is 53.1 Å². The first-order chi connectivity index (χ1) is 38.9. The number of hydrogen-bond donors (Lipinski definition) is 5. The number of ketones is 2. The molecule has 0 aliphatic rings. The van der Waals surface area contributed by atoms with E-state index in [1.165, 1.54) is 5.56 Å². The molecule has 2 aromatic carbocycles. The number of hydrogen-bond acceptors (Lipinski definition) is 12. The number of rotatable bonds is 37. The van der Waals surface area contributed by atoms with Crippen LogP contribution < -0.4 is 26.6 Å². The summed E-state index contributed by atoms with van der Waals surface area (Å²) in [7, 11) is 0. The van der Waals surface area contributed by atoms with E-state index in [2.05, 4.69) is 113 Å². The molecular formula is C64H101IN8O10. The van der Waals surface area contributed by atoms with Crippen molar-refractivity contribution in [2.24, 2.45) is 22.7 Å². The number of carbonyl (C=O) groups excluding carboxylic acids is 8. The molecule has 18 nitrogen and oxygen atoms in total. The SMILES string of the molecule is CC(C)(C)OC(=O)NCCCCC(CC(=O)CCCCCCCNC(=O)CCC(NC(=O)CC(CCn1nnc2ccccc21)C(C)(C)C)C(C)(C)C)C(=O)N[C@@H](CCCCNC(=O)CCCc1ccc(I)cc1)C(=O)C(=O)OC(C)(C)C. The fourth-order valence-electron chi connectivity index (χ4n) is 9.62. The number of esters is 1. The van der Waals surface area contributed by atoms with Crippen LogP contribution in [0.5, 0.6) is 0 Å². The molecule has 1 aromatic heterocycles. The molecule has 0 saturated heterocycles. The van der Waals surface area contributed by atoms with Crippen molar-refractivity contribution in [2.45, 2.75) is 241 Å². The molecule has 3 aromatic rings. The average Bonchev–Trinajstić information content (AvgIpc) is 4.11. The number of aryl methyl sites for hydroxylation is 2. The number of nitrogens with zero attached hydrogens (tertiary/aromatic N) is 3. The van der Waals surface area contributed by atoms with E-state index in [0.29, 0.717) is 90.4 Å². The zero-order chi connectivity index (χ0) is 61.8. The number of benzene rings is 2. The van der Waals surface area contributed by atoms with Gasteiger partial charge in [0.1, 0.15) is 22.5 Å². The minimum atomic E-state index is -1.20. The Kier molecular flexibility index (Phi) is 30.9. The Bertz CT molecular complexity index is 2520. The van der Waals surface area contributed by atoms with Crippen LogP contribution in [0.15, 0.2) is 48.5 Å². The van der Waals surface area contributed by atoms with E-state index in [1.807, 2.05) is 41.1 Å². The standard InChI is InChI=1S/C64H101IN8O10/c1-61(2,3)47(38-42-73-52-30-18-17-28-50(52)71-72-73)44-56(77)70-53(62(4,5)6)36-37-55(76)67-39-21-15-13-14-16-27-49(74)43-46(26-19-22-41-68-60(81)83-64(10,11)12)58(79)69-51(57(78)59(80)82-63(7,8)9)29-20-23-40-66-54(75)31-24-25-45-32-34-48(65)35-33-45/h17-18,28,30,32-35,46-47,51,53H,13-16,19-27,29,31,36-44H2,1-12H3,(H,66,75)(H,67,76)(H,68,81)(H,69,79)(H,70,77)/t46?,47?,51-,53?/m0/s1. The number of aromatic nitrogens is 3. The minimum Gasteiger partial charge on any atom is -0.454 e. The van der Waals surface area contributed by atoms with Gasteiger partial charge in [-0.05, 0) is 181 Å². The predicted molar refractivity (Wildman–Crippen MR) is 334 cm³/mol. The van der Waals surface area contributed by atoms with Gasteiger partial charge in [-0.25, -0.2) is 14.3 Å². The summed E-state index contributed by atoms with van der Waals surface area (Å²) in [5.41, 5.74) is 0.999. The van der Waals surface area contributed by atoms with Gasteiger partial charge in [0.05, 0.1) is 11.6 Å². The van der Waals surface area contributed by atoms with Gasteiger partial charge in [0, 0.05) is 73.8 Å². The molecule has 0 aliphatic carbocycles. The van der Waals surface area contributed by atoms with E-state index in [1.54, 1.807) is 41.5 Å². The molecule has 3 unspecified atom stereocenters. The smallest absolute Gasteiger partial charge is 0.407 e. The van der Waals surface area contributed by atoms with E-state index in [9.17, 15) is 38.4 Å². The van der Waals surface area contributed by atoms with Crippen molar-refractivity contribution in [1.29, 1.82) is 0 Å². The Morgan fingerprint density at radius 3 is 1.80 bits per heavy atom. The number of unbranched alkanes of at least 4 members (excludes halogenated alkanes) is 6. The fraction of sp³-hybridized carbons (Fsp3) is 0.688. The van der Waals surface area contributed by atoms with Crippen LogP contribution in [-0.2, 0) is 56.0 Å². The number of para-hydroxylation sites is 1. The number of alkyl carbamates (subject to hydrolysis) is 1. The fourth-order valence-corrected chi connectivity index (χ4v) is 9.98. The number of carbonyl (C=O) groups is 8. The van der Waals surface area contributed by atoms with Crippen molar-refractivity contribution in [1.82, 2.24) is 41.6 Å². The molecule has 1 heterocycles. The van der Waals surface area contributed by atoms with Crippen molar-refractivity contribution in [3.05, 3.63) is 57.7 Å². The van der Waals surface area contributed by atoms with Crippen LogP contribution in [0.4, 0.5) is 4.79 Å². The zero-order valence-electron chi connectivity index (χ0n) is 52.2. The molecule has 5 N–H and O–H groups in total. The highest BCUT2D eigenvalue weighted by molar-refractivity contribution is 14.1. The Balaban J connectivity index is 1.48. The van der Waals surface area contributed by atoms with E-state index >= 15 is 0 Å². The van der Waals surface area contributed by atoms with Crippen LogP contribution in [0.25, 0.3) is 11.0 Å². The maximum Gasteiger partial charge on any atom is 0.407 e. The monoisotopic (exact) mass is 1270 g/mol. The number of Topliss-reactive ketones (excluding diaryl/α,β-unsaturated/α-hetero) is 2. The van der Waals surface area contributed by atoms with Crippen LogP contribution in [0.1, 0.15) is 211 Å². The lowest BCUT2D eigenvalue weighted by Crippen LogP contribution is -2.48. The first kappa shape index (κ1) is 71.8. The summed E-state index contributed by atoms with van der Waals surface area (Å²) in [5.74, 6) is -3.42. The average molecular weight is 1270 g/mol. The second-order valence-corrected chi connectivity index (χ2v) is 27.6. The van der Waals surface area contributed by atoms with Crippen LogP contribution in [0.3, 0.4) is 0 Å². The minimum absolute atomic E-state index is 0.0246. The Labute approximate surface area is 508 Å². The molecule has 0 spiro atoms. The zero-order valence-corrected chi connectivity index (χ0v) is 54.4. The molecule has 0 fully saturated rings. The number of nitrogens with one attached hydrogen (secondary N) is 5. The summed E-state index contributed by atoms with van der Waals surface area (Å²) >= 11 is 2.26. The molecule has 5 amide bonds.